The third-order valence-corrected chi connectivity index (χ3v) is 12.6. The minimum absolute atomic E-state index is 0.805. The molecule has 3 heteroatoms. The third-order valence-electron chi connectivity index (χ3n) is 12.6. The first kappa shape index (κ1) is 38.0. The van der Waals surface area contributed by atoms with Gasteiger partial charge in [-0.15, -0.1) is 0 Å². The first-order valence-electron chi connectivity index (χ1n) is 22.2. The number of furan rings is 1. The van der Waals surface area contributed by atoms with Crippen molar-refractivity contribution in [1.29, 1.82) is 0 Å². The Kier molecular flexibility index (Phi) is 9.50. The molecule has 12 rings (SSSR count). The van der Waals surface area contributed by atoms with Crippen molar-refractivity contribution in [3.05, 3.63) is 255 Å². The highest BCUT2D eigenvalue weighted by molar-refractivity contribution is 6.20. The van der Waals surface area contributed by atoms with Crippen LogP contribution < -0.4 is 9.80 Å². The van der Waals surface area contributed by atoms with E-state index in [0.717, 1.165) is 78.0 Å². The van der Waals surface area contributed by atoms with Crippen molar-refractivity contribution in [3.63, 3.8) is 0 Å². The molecule has 0 saturated carbocycles. The van der Waals surface area contributed by atoms with Crippen LogP contribution in [-0.2, 0) is 0 Å². The molecule has 0 aliphatic rings. The highest BCUT2D eigenvalue weighted by Crippen LogP contribution is 2.50. The van der Waals surface area contributed by atoms with E-state index in [0.29, 0.717) is 0 Å². The number of para-hydroxylation sites is 2. The summed E-state index contributed by atoms with van der Waals surface area (Å²) in [6.45, 7) is 0. The molecule has 1 heterocycles. The van der Waals surface area contributed by atoms with Gasteiger partial charge in [-0.2, -0.15) is 0 Å². The van der Waals surface area contributed by atoms with Crippen LogP contribution in [0.1, 0.15) is 0 Å². The fourth-order valence-corrected chi connectivity index (χ4v) is 9.56. The summed E-state index contributed by atoms with van der Waals surface area (Å²) in [7, 11) is 0. The van der Waals surface area contributed by atoms with Gasteiger partial charge in [0, 0.05) is 28.1 Å². The molecule has 0 bridgehead atoms. The third kappa shape index (κ3) is 6.87. The summed E-state index contributed by atoms with van der Waals surface area (Å²) in [4.78, 5) is 4.73. The maximum absolute atomic E-state index is 7.22. The fourth-order valence-electron chi connectivity index (χ4n) is 9.56. The van der Waals surface area contributed by atoms with E-state index in [1.54, 1.807) is 0 Å². The van der Waals surface area contributed by atoms with E-state index < -0.39 is 0 Å². The standard InChI is InChI=1S/C62H42N2O/c1-5-18-43(19-6-1)44-32-34-51(35-33-44)63(49-26-9-3-10-27-49)59-39-38-58(61-57-40-47-23-13-14-24-48(47)41-60(57)65-62(59)61)64(50-28-11-4-12-29-50)52-36-37-54(45-20-7-2-8-21-45)56(42-52)55-31-17-25-46-22-15-16-30-53(46)55/h1-42H. The van der Waals surface area contributed by atoms with Gasteiger partial charge in [-0.3, -0.25) is 0 Å². The normalized spacial score (nSPS) is 11.4. The molecule has 0 fully saturated rings. The number of nitrogens with zero attached hydrogens (tertiary/aromatic N) is 2. The van der Waals surface area contributed by atoms with E-state index in [2.05, 4.69) is 265 Å². The van der Waals surface area contributed by atoms with E-state index in [-0.39, 0.29) is 0 Å². The van der Waals surface area contributed by atoms with Crippen molar-refractivity contribution in [2.75, 3.05) is 9.80 Å². The lowest BCUT2D eigenvalue weighted by Crippen LogP contribution is -2.13. The number of hydrogen-bond donors (Lipinski definition) is 0. The molecule has 1 aromatic heterocycles. The van der Waals surface area contributed by atoms with Gasteiger partial charge in [0.15, 0.2) is 5.58 Å². The topological polar surface area (TPSA) is 19.6 Å². The van der Waals surface area contributed by atoms with Gasteiger partial charge >= 0.3 is 0 Å². The molecule has 11 aromatic carbocycles. The van der Waals surface area contributed by atoms with Crippen molar-refractivity contribution in [3.8, 4) is 33.4 Å². The fraction of sp³-hybridized carbons (Fsp3) is 0. The lowest BCUT2D eigenvalue weighted by molar-refractivity contribution is 0.669. The average Bonchev–Trinajstić information content (AvgIpc) is 3.76. The summed E-state index contributed by atoms with van der Waals surface area (Å²) >= 11 is 0. The van der Waals surface area contributed by atoms with Crippen molar-refractivity contribution >= 4 is 77.6 Å². The van der Waals surface area contributed by atoms with E-state index in [4.69, 9.17) is 4.42 Å². The van der Waals surface area contributed by atoms with Crippen LogP contribution in [0, 0.1) is 0 Å². The largest absolute Gasteiger partial charge is 0.454 e. The molecular weight excluding hydrogens is 789 g/mol. The van der Waals surface area contributed by atoms with Crippen molar-refractivity contribution in [2.45, 2.75) is 0 Å². The van der Waals surface area contributed by atoms with Crippen LogP contribution in [0.5, 0.6) is 0 Å². The monoisotopic (exact) mass is 830 g/mol. The maximum Gasteiger partial charge on any atom is 0.161 e. The van der Waals surface area contributed by atoms with Crippen LogP contribution in [0.15, 0.2) is 259 Å². The molecule has 0 aliphatic heterocycles. The zero-order chi connectivity index (χ0) is 43.1. The predicted octanol–water partition coefficient (Wildman–Crippen LogP) is 17.8. The number of benzene rings is 11. The number of fused-ring (bicyclic) bond motifs is 5. The zero-order valence-corrected chi connectivity index (χ0v) is 35.6. The minimum Gasteiger partial charge on any atom is -0.454 e. The van der Waals surface area contributed by atoms with E-state index in [1.165, 1.54) is 33.0 Å². The predicted molar refractivity (Wildman–Crippen MR) is 274 cm³/mol. The summed E-state index contributed by atoms with van der Waals surface area (Å²) in [6.07, 6.45) is 0. The maximum atomic E-state index is 7.22. The quantitative estimate of drug-likeness (QED) is 0.144. The molecular formula is C62H42N2O. The summed E-state index contributed by atoms with van der Waals surface area (Å²) in [6, 6.07) is 91.3. The molecule has 0 radical (unpaired) electrons. The Hall–Kier alpha value is -8.66. The Labute approximate surface area is 378 Å². The van der Waals surface area contributed by atoms with Crippen molar-refractivity contribution < 1.29 is 4.42 Å². The van der Waals surface area contributed by atoms with Gasteiger partial charge in [0.2, 0.25) is 0 Å². The second-order valence-electron chi connectivity index (χ2n) is 16.5. The minimum atomic E-state index is 0.805. The molecule has 0 unspecified atom stereocenters. The van der Waals surface area contributed by atoms with Gasteiger partial charge in [-0.05, 0) is 128 Å². The first-order valence-corrected chi connectivity index (χ1v) is 22.2. The van der Waals surface area contributed by atoms with Gasteiger partial charge in [-0.1, -0.05) is 182 Å². The molecule has 0 atom stereocenters. The van der Waals surface area contributed by atoms with Crippen LogP contribution in [0.25, 0.3) is 76.9 Å². The summed E-state index contributed by atoms with van der Waals surface area (Å²) in [5, 5.41) is 6.81. The van der Waals surface area contributed by atoms with Crippen LogP contribution >= 0.6 is 0 Å². The highest BCUT2D eigenvalue weighted by Gasteiger charge is 2.26. The molecule has 0 amide bonds. The molecule has 65 heavy (non-hydrogen) atoms. The molecule has 0 aliphatic carbocycles. The molecule has 12 aromatic rings. The lowest BCUT2D eigenvalue weighted by Gasteiger charge is -2.30. The summed E-state index contributed by atoms with van der Waals surface area (Å²) in [5.74, 6) is 0. The van der Waals surface area contributed by atoms with Crippen LogP contribution in [-0.4, -0.2) is 0 Å². The average molecular weight is 831 g/mol. The summed E-state index contributed by atoms with van der Waals surface area (Å²) < 4.78 is 7.22. The Morgan fingerprint density at radius 2 is 0.785 bits per heavy atom. The van der Waals surface area contributed by atoms with Gasteiger partial charge in [0.05, 0.1) is 16.8 Å². The first-order chi connectivity index (χ1) is 32.2. The molecule has 0 N–H and O–H groups in total. The second kappa shape index (κ2) is 16.2. The van der Waals surface area contributed by atoms with Gasteiger partial charge in [0.25, 0.3) is 0 Å². The van der Waals surface area contributed by atoms with Gasteiger partial charge < -0.3 is 14.2 Å². The van der Waals surface area contributed by atoms with Crippen LogP contribution in [0.3, 0.4) is 0 Å². The smallest absolute Gasteiger partial charge is 0.161 e. The Balaban J connectivity index is 1.13. The second-order valence-corrected chi connectivity index (χ2v) is 16.5. The number of anilines is 6. The molecule has 3 nitrogen and oxygen atoms in total. The van der Waals surface area contributed by atoms with Crippen LogP contribution in [0.4, 0.5) is 34.1 Å². The Bertz CT molecular complexity index is 3630. The molecule has 306 valence electrons. The Morgan fingerprint density at radius 1 is 0.277 bits per heavy atom. The number of hydrogen-bond acceptors (Lipinski definition) is 3. The molecule has 0 spiro atoms. The SMILES string of the molecule is c1ccc(-c2ccc(N(c3ccccc3)c3ccc(N(c4ccccc4)c4ccc(-c5ccccc5)c(-c5cccc6ccccc56)c4)c4c3oc3cc5ccccc5cc34)cc2)cc1. The van der Waals surface area contributed by atoms with Gasteiger partial charge in [-0.25, -0.2) is 0 Å². The summed E-state index contributed by atoms with van der Waals surface area (Å²) in [5.41, 5.74) is 14.8. The Morgan fingerprint density at radius 3 is 1.48 bits per heavy atom. The van der Waals surface area contributed by atoms with E-state index in [9.17, 15) is 0 Å². The zero-order valence-electron chi connectivity index (χ0n) is 35.6. The lowest BCUT2D eigenvalue weighted by atomic mass is 9.90. The van der Waals surface area contributed by atoms with Crippen molar-refractivity contribution in [2.24, 2.45) is 0 Å². The molecule has 0 saturated heterocycles. The van der Waals surface area contributed by atoms with Crippen LogP contribution in [0.2, 0.25) is 0 Å². The van der Waals surface area contributed by atoms with Gasteiger partial charge in [0.1, 0.15) is 5.58 Å². The van der Waals surface area contributed by atoms with E-state index >= 15 is 0 Å². The number of rotatable bonds is 9. The highest BCUT2D eigenvalue weighted by atomic mass is 16.3. The van der Waals surface area contributed by atoms with Crippen molar-refractivity contribution in [1.82, 2.24) is 0 Å². The van der Waals surface area contributed by atoms with E-state index in [1.807, 2.05) is 0 Å².